The third-order valence-electron chi connectivity index (χ3n) is 2.28. The van der Waals surface area contributed by atoms with E-state index in [1.165, 1.54) is 30.5 Å². The van der Waals surface area contributed by atoms with Crippen molar-refractivity contribution in [3.63, 3.8) is 0 Å². The van der Waals surface area contributed by atoms with Crippen LogP contribution in [0, 0.1) is 11.3 Å². The predicted octanol–water partition coefficient (Wildman–Crippen LogP) is 3.52. The Morgan fingerprint density at radius 3 is 2.53 bits per heavy atom. The molecule has 96 valence electrons. The van der Waals surface area contributed by atoms with Crippen LogP contribution < -0.4 is 4.74 Å². The molecule has 0 radical (unpaired) electrons. The van der Waals surface area contributed by atoms with Crippen LogP contribution in [-0.2, 0) is 0 Å². The van der Waals surface area contributed by atoms with Gasteiger partial charge in [0.15, 0.2) is 0 Å². The van der Waals surface area contributed by atoms with Crippen LogP contribution in [0.3, 0.4) is 0 Å². The lowest BCUT2D eigenvalue weighted by molar-refractivity contribution is -0.274. The van der Waals surface area contributed by atoms with Gasteiger partial charge in [-0.3, -0.25) is 0 Å². The van der Waals surface area contributed by atoms with Gasteiger partial charge in [0.25, 0.3) is 0 Å². The molecule has 0 saturated heterocycles. The molecule has 0 aliphatic carbocycles. The number of nitriles is 1. The predicted molar refractivity (Wildman–Crippen MR) is 61.1 cm³/mol. The fraction of sp³-hybridized carbons (Fsp3) is 0.0769. The summed E-state index contributed by atoms with van der Waals surface area (Å²) in [5, 5.41) is 8.73. The fourth-order valence-corrected chi connectivity index (χ4v) is 1.54. The van der Waals surface area contributed by atoms with Crippen LogP contribution >= 0.6 is 0 Å². The molecule has 0 saturated carbocycles. The third-order valence-corrected chi connectivity index (χ3v) is 2.28. The van der Waals surface area contributed by atoms with Gasteiger partial charge in [-0.25, -0.2) is 4.98 Å². The van der Waals surface area contributed by atoms with Crippen LogP contribution in [0.2, 0.25) is 0 Å². The summed E-state index contributed by atoms with van der Waals surface area (Å²) >= 11 is 0. The summed E-state index contributed by atoms with van der Waals surface area (Å²) in [5.41, 5.74) is 1.31. The lowest BCUT2D eigenvalue weighted by atomic mass is 10.1. The van der Waals surface area contributed by atoms with E-state index < -0.39 is 6.36 Å². The Morgan fingerprint density at radius 1 is 1.11 bits per heavy atom. The quantitative estimate of drug-likeness (QED) is 0.833. The molecule has 1 heterocycles. The van der Waals surface area contributed by atoms with Crippen molar-refractivity contribution < 1.29 is 17.9 Å². The Hall–Kier alpha value is -2.55. The lowest BCUT2D eigenvalue weighted by Crippen LogP contribution is -2.17. The molecule has 0 N–H and O–H groups in total. The maximum absolute atomic E-state index is 12.1. The number of hydrogen-bond acceptors (Lipinski definition) is 3. The number of hydrogen-bond donors (Lipinski definition) is 0. The van der Waals surface area contributed by atoms with Gasteiger partial charge in [-0.15, -0.1) is 13.2 Å². The minimum Gasteiger partial charge on any atom is -0.406 e. The van der Waals surface area contributed by atoms with E-state index in [4.69, 9.17) is 5.26 Å². The zero-order chi connectivity index (χ0) is 13.9. The first-order chi connectivity index (χ1) is 8.98. The number of halogens is 3. The maximum Gasteiger partial charge on any atom is 0.573 e. The zero-order valence-corrected chi connectivity index (χ0v) is 9.48. The molecule has 19 heavy (non-hydrogen) atoms. The van der Waals surface area contributed by atoms with Crippen molar-refractivity contribution >= 4 is 0 Å². The highest BCUT2D eigenvalue weighted by molar-refractivity contribution is 5.65. The summed E-state index contributed by atoms with van der Waals surface area (Å²) in [6.07, 6.45) is -3.31. The molecule has 2 aromatic rings. The first kappa shape index (κ1) is 12.9. The average molecular weight is 264 g/mol. The van der Waals surface area contributed by atoms with Gasteiger partial charge in [0, 0.05) is 6.20 Å². The van der Waals surface area contributed by atoms with Crippen molar-refractivity contribution in [2.45, 2.75) is 6.36 Å². The van der Waals surface area contributed by atoms with Crippen LogP contribution in [0.25, 0.3) is 11.1 Å². The number of benzene rings is 1. The number of nitrogens with zero attached hydrogens (tertiary/aromatic N) is 2. The minimum atomic E-state index is -4.73. The first-order valence-electron chi connectivity index (χ1n) is 5.20. The van der Waals surface area contributed by atoms with Gasteiger partial charge in [-0.05, 0) is 35.4 Å². The number of ether oxygens (including phenoxy) is 1. The van der Waals surface area contributed by atoms with Gasteiger partial charge < -0.3 is 4.74 Å². The van der Waals surface area contributed by atoms with Crippen molar-refractivity contribution in [1.82, 2.24) is 4.98 Å². The van der Waals surface area contributed by atoms with E-state index in [9.17, 15) is 13.2 Å². The molecule has 0 aliphatic rings. The molecule has 0 spiro atoms. The number of pyridine rings is 1. The molecule has 6 heteroatoms. The maximum atomic E-state index is 12.1. The van der Waals surface area contributed by atoms with Gasteiger partial charge in [0.1, 0.15) is 17.5 Å². The van der Waals surface area contributed by atoms with E-state index in [0.717, 1.165) is 0 Å². The van der Waals surface area contributed by atoms with Gasteiger partial charge in [-0.1, -0.05) is 12.1 Å². The lowest BCUT2D eigenvalue weighted by Gasteiger charge is -2.10. The molecule has 0 amide bonds. The average Bonchev–Trinajstić information content (AvgIpc) is 2.37. The molecule has 3 nitrogen and oxygen atoms in total. The van der Waals surface area contributed by atoms with E-state index in [1.807, 2.05) is 6.07 Å². The highest BCUT2D eigenvalue weighted by Crippen LogP contribution is 2.27. The Balaban J connectivity index is 2.35. The minimum absolute atomic E-state index is 0.194. The SMILES string of the molecule is N#Cc1cc(-c2cccc(OC(F)(F)F)c2)ccn1. The van der Waals surface area contributed by atoms with Crippen molar-refractivity contribution in [1.29, 1.82) is 5.26 Å². The third kappa shape index (κ3) is 3.45. The summed E-state index contributed by atoms with van der Waals surface area (Å²) in [6.45, 7) is 0. The first-order valence-corrected chi connectivity index (χ1v) is 5.20. The Bertz CT molecular complexity index is 632. The normalized spacial score (nSPS) is 10.8. The Labute approximate surface area is 106 Å². The summed E-state index contributed by atoms with van der Waals surface area (Å²) < 4.78 is 40.2. The van der Waals surface area contributed by atoms with Crippen LogP contribution in [0.15, 0.2) is 42.6 Å². The molecule has 0 bridgehead atoms. The Kier molecular flexibility index (Phi) is 3.38. The molecular weight excluding hydrogens is 257 g/mol. The topological polar surface area (TPSA) is 45.9 Å². The van der Waals surface area contributed by atoms with Gasteiger partial charge in [0.2, 0.25) is 0 Å². The standard InChI is InChI=1S/C13H7F3N2O/c14-13(15,16)19-12-3-1-2-9(7-12)10-4-5-18-11(6-10)8-17/h1-7H. The number of rotatable bonds is 2. The molecule has 0 aliphatic heterocycles. The van der Waals surface area contributed by atoms with Crippen molar-refractivity contribution in [2.24, 2.45) is 0 Å². The summed E-state index contributed by atoms with van der Waals surface area (Å²) in [5.74, 6) is -0.305. The van der Waals surface area contributed by atoms with Crippen LogP contribution in [0.1, 0.15) is 5.69 Å². The van der Waals surface area contributed by atoms with E-state index >= 15 is 0 Å². The van der Waals surface area contributed by atoms with Crippen molar-refractivity contribution in [2.75, 3.05) is 0 Å². The summed E-state index contributed by atoms with van der Waals surface area (Å²) in [7, 11) is 0. The second-order valence-corrected chi connectivity index (χ2v) is 3.62. The largest absolute Gasteiger partial charge is 0.573 e. The van der Waals surface area contributed by atoms with E-state index in [0.29, 0.717) is 11.1 Å². The molecule has 2 rings (SSSR count). The summed E-state index contributed by atoms with van der Waals surface area (Å²) in [6, 6.07) is 10.5. The van der Waals surface area contributed by atoms with Crippen LogP contribution in [-0.4, -0.2) is 11.3 Å². The molecule has 0 atom stereocenters. The smallest absolute Gasteiger partial charge is 0.406 e. The van der Waals surface area contributed by atoms with Crippen molar-refractivity contribution in [3.05, 3.63) is 48.3 Å². The van der Waals surface area contributed by atoms with E-state index in [1.54, 1.807) is 12.1 Å². The van der Waals surface area contributed by atoms with Gasteiger partial charge in [-0.2, -0.15) is 5.26 Å². The highest BCUT2D eigenvalue weighted by Gasteiger charge is 2.31. The van der Waals surface area contributed by atoms with E-state index in [2.05, 4.69) is 9.72 Å². The highest BCUT2D eigenvalue weighted by atomic mass is 19.4. The fourth-order valence-electron chi connectivity index (χ4n) is 1.54. The molecule has 1 aromatic heterocycles. The van der Waals surface area contributed by atoms with Crippen LogP contribution in [0.4, 0.5) is 13.2 Å². The van der Waals surface area contributed by atoms with Gasteiger partial charge in [0.05, 0.1) is 0 Å². The monoisotopic (exact) mass is 264 g/mol. The van der Waals surface area contributed by atoms with Crippen LogP contribution in [0.5, 0.6) is 5.75 Å². The van der Waals surface area contributed by atoms with Gasteiger partial charge >= 0.3 is 6.36 Å². The molecule has 1 aromatic carbocycles. The zero-order valence-electron chi connectivity index (χ0n) is 9.48. The molecular formula is C13H7F3N2O. The number of alkyl halides is 3. The van der Waals surface area contributed by atoms with E-state index in [-0.39, 0.29) is 11.4 Å². The van der Waals surface area contributed by atoms with Crippen molar-refractivity contribution in [3.8, 4) is 22.9 Å². The summed E-state index contributed by atoms with van der Waals surface area (Å²) in [4.78, 5) is 3.79. The second-order valence-electron chi connectivity index (χ2n) is 3.62. The molecule has 0 unspecified atom stereocenters. The second kappa shape index (κ2) is 4.98. The number of aromatic nitrogens is 1. The molecule has 0 fully saturated rings. The Morgan fingerprint density at radius 2 is 1.84 bits per heavy atom.